The van der Waals surface area contributed by atoms with E-state index in [0.717, 1.165) is 23.9 Å². The minimum absolute atomic E-state index is 0.0273. The molecule has 0 aromatic carbocycles. The first-order valence-electron chi connectivity index (χ1n) is 12.1. The molecule has 1 fully saturated rings. The second kappa shape index (κ2) is 16.7. The van der Waals surface area contributed by atoms with Gasteiger partial charge < -0.3 is 40.2 Å². The maximum absolute atomic E-state index is 12.8. The van der Waals surface area contributed by atoms with Crippen molar-refractivity contribution >= 4 is 34.7 Å². The van der Waals surface area contributed by atoms with Gasteiger partial charge in [0.15, 0.2) is 6.29 Å². The van der Waals surface area contributed by atoms with Gasteiger partial charge in [-0.25, -0.2) is 4.79 Å². The average Bonchev–Trinajstić information content (AvgIpc) is 2.80. The Morgan fingerprint density at radius 1 is 1.08 bits per heavy atom. The first-order chi connectivity index (χ1) is 17.3. The van der Waals surface area contributed by atoms with Crippen molar-refractivity contribution in [2.75, 3.05) is 32.6 Å². The lowest BCUT2D eigenvalue weighted by Gasteiger charge is -2.41. The Kier molecular flexibility index (Phi) is 14.9. The summed E-state index contributed by atoms with van der Waals surface area (Å²) < 4.78 is 15.8. The van der Waals surface area contributed by atoms with Crippen LogP contribution in [0, 0.1) is 5.41 Å². The van der Waals surface area contributed by atoms with Gasteiger partial charge >= 0.3 is 5.97 Å². The molecule has 0 aromatic rings. The Labute approximate surface area is 221 Å². The fourth-order valence-electron chi connectivity index (χ4n) is 3.50. The van der Waals surface area contributed by atoms with Crippen molar-refractivity contribution in [1.29, 1.82) is 0 Å². The van der Waals surface area contributed by atoms with Crippen LogP contribution in [0.25, 0.3) is 0 Å². The predicted molar refractivity (Wildman–Crippen MR) is 135 cm³/mol. The lowest BCUT2D eigenvalue weighted by atomic mass is 9.85. The fourth-order valence-corrected chi connectivity index (χ4v) is 4.07. The summed E-state index contributed by atoms with van der Waals surface area (Å²) in [5.74, 6) is -1.03. The first kappa shape index (κ1) is 33.0. The molecule has 5 N–H and O–H groups in total. The molecular weight excluding hydrogens is 508 g/mol. The second-order valence-electron chi connectivity index (χ2n) is 9.52. The molecule has 0 aromatic heterocycles. The molecule has 37 heavy (non-hydrogen) atoms. The number of carbonyl (C=O) groups is 4. The molecule has 12 nitrogen and oxygen atoms in total. The summed E-state index contributed by atoms with van der Waals surface area (Å²) in [5.41, 5.74) is -0.647. The Balaban J connectivity index is 2.37. The van der Waals surface area contributed by atoms with E-state index in [9.17, 15) is 34.5 Å². The third-order valence-electron chi connectivity index (χ3n) is 5.38. The standard InChI is InChI=1S/C24H40N2O10S/c1-15(27)11-16(28)12-17(29)13-21-35-14-24(2,3)22(36-21)23(33)26-8-7-18(30)25-9-10-37-20(32)6-5-19(31)34-4/h5-6,15-17,21-22,27-29H,7-14H2,1-4H3,(H,25,30)(H,26,33)/b6-5+/t15?,16?,17?,21?,22-/m0/s1. The smallest absolute Gasteiger partial charge is 0.330 e. The largest absolute Gasteiger partial charge is 0.466 e. The zero-order valence-corrected chi connectivity index (χ0v) is 22.6. The number of carbonyl (C=O) groups excluding carboxylic acids is 4. The number of rotatable bonds is 15. The van der Waals surface area contributed by atoms with Crippen LogP contribution in [-0.4, -0.2) is 101 Å². The van der Waals surface area contributed by atoms with Crippen molar-refractivity contribution in [3.8, 4) is 0 Å². The first-order valence-corrected chi connectivity index (χ1v) is 13.1. The summed E-state index contributed by atoms with van der Waals surface area (Å²) in [5, 5.41) is 34.5. The highest BCUT2D eigenvalue weighted by Gasteiger charge is 2.43. The van der Waals surface area contributed by atoms with Crippen LogP contribution in [0.5, 0.6) is 0 Å². The number of aliphatic hydroxyl groups excluding tert-OH is 3. The topological polar surface area (TPSA) is 181 Å². The van der Waals surface area contributed by atoms with Crippen molar-refractivity contribution in [1.82, 2.24) is 10.6 Å². The maximum atomic E-state index is 12.8. The molecule has 1 heterocycles. The molecule has 2 amide bonds. The minimum atomic E-state index is -0.940. The molecule has 0 spiro atoms. The van der Waals surface area contributed by atoms with Crippen LogP contribution in [0.1, 0.15) is 46.5 Å². The van der Waals surface area contributed by atoms with E-state index >= 15 is 0 Å². The number of hydrogen-bond acceptors (Lipinski definition) is 11. The second-order valence-corrected chi connectivity index (χ2v) is 10.6. The van der Waals surface area contributed by atoms with Crippen molar-refractivity contribution < 1.29 is 48.7 Å². The van der Waals surface area contributed by atoms with Gasteiger partial charge in [0.05, 0.1) is 32.0 Å². The van der Waals surface area contributed by atoms with Crippen LogP contribution in [0.3, 0.4) is 0 Å². The number of hydrogen-bond donors (Lipinski definition) is 5. The molecule has 1 aliphatic heterocycles. The van der Waals surface area contributed by atoms with Gasteiger partial charge in [0.25, 0.3) is 0 Å². The zero-order chi connectivity index (χ0) is 28.0. The highest BCUT2D eigenvalue weighted by atomic mass is 32.2. The minimum Gasteiger partial charge on any atom is -0.466 e. The maximum Gasteiger partial charge on any atom is 0.330 e. The van der Waals surface area contributed by atoms with Crippen LogP contribution in [0.4, 0.5) is 0 Å². The van der Waals surface area contributed by atoms with E-state index in [1.807, 2.05) is 13.8 Å². The molecule has 0 aliphatic carbocycles. The number of ether oxygens (including phenoxy) is 3. The Hall–Kier alpha value is -2.03. The van der Waals surface area contributed by atoms with Crippen molar-refractivity contribution in [3.05, 3.63) is 12.2 Å². The summed E-state index contributed by atoms with van der Waals surface area (Å²) in [6, 6.07) is 0. The van der Waals surface area contributed by atoms with Gasteiger partial charge in [-0.2, -0.15) is 0 Å². The average molecular weight is 549 g/mol. The molecule has 1 saturated heterocycles. The molecule has 0 bridgehead atoms. The number of aliphatic hydroxyl groups is 3. The lowest BCUT2D eigenvalue weighted by molar-refractivity contribution is -0.261. The summed E-state index contributed by atoms with van der Waals surface area (Å²) in [4.78, 5) is 47.3. The highest BCUT2D eigenvalue weighted by molar-refractivity contribution is 8.14. The Morgan fingerprint density at radius 2 is 1.78 bits per heavy atom. The third-order valence-corrected chi connectivity index (χ3v) is 6.20. The summed E-state index contributed by atoms with van der Waals surface area (Å²) in [6.07, 6.45) is -1.84. The van der Waals surface area contributed by atoms with E-state index in [1.165, 1.54) is 7.11 Å². The summed E-state index contributed by atoms with van der Waals surface area (Å²) in [7, 11) is 1.21. The van der Waals surface area contributed by atoms with Crippen LogP contribution in [0.15, 0.2) is 12.2 Å². The van der Waals surface area contributed by atoms with Crippen molar-refractivity contribution in [3.63, 3.8) is 0 Å². The predicted octanol–water partition coefficient (Wildman–Crippen LogP) is -0.361. The van der Waals surface area contributed by atoms with E-state index in [0.29, 0.717) is 5.75 Å². The van der Waals surface area contributed by atoms with Gasteiger partial charge in [0.2, 0.25) is 16.9 Å². The van der Waals surface area contributed by atoms with Gasteiger partial charge in [0, 0.05) is 43.2 Å². The van der Waals surface area contributed by atoms with Gasteiger partial charge in [0.1, 0.15) is 6.10 Å². The molecule has 212 valence electrons. The van der Waals surface area contributed by atoms with E-state index in [-0.39, 0.29) is 56.4 Å². The summed E-state index contributed by atoms with van der Waals surface area (Å²) in [6.45, 7) is 5.69. The Morgan fingerprint density at radius 3 is 2.43 bits per heavy atom. The molecule has 1 aliphatic rings. The monoisotopic (exact) mass is 548 g/mol. The molecule has 1 rings (SSSR count). The van der Waals surface area contributed by atoms with E-state index < -0.39 is 48.0 Å². The Bertz CT molecular complexity index is 789. The van der Waals surface area contributed by atoms with Crippen LogP contribution in [0.2, 0.25) is 0 Å². The SMILES string of the molecule is COC(=O)/C=C/C(=O)SCCNC(=O)CCNC(=O)[C@@H]1OC(CC(O)CC(O)CC(C)O)OCC1(C)C. The van der Waals surface area contributed by atoms with Gasteiger partial charge in [-0.1, -0.05) is 25.6 Å². The molecule has 4 unspecified atom stereocenters. The van der Waals surface area contributed by atoms with Gasteiger partial charge in [-0.05, 0) is 25.8 Å². The molecular formula is C24H40N2O10S. The third kappa shape index (κ3) is 13.9. The zero-order valence-electron chi connectivity index (χ0n) is 21.8. The van der Waals surface area contributed by atoms with Crippen LogP contribution < -0.4 is 10.6 Å². The number of methoxy groups -OCH3 is 1. The van der Waals surface area contributed by atoms with Gasteiger partial charge in [-0.3, -0.25) is 14.4 Å². The van der Waals surface area contributed by atoms with Gasteiger partial charge in [-0.15, -0.1) is 0 Å². The van der Waals surface area contributed by atoms with E-state index in [1.54, 1.807) is 6.92 Å². The number of esters is 1. The highest BCUT2D eigenvalue weighted by Crippen LogP contribution is 2.32. The van der Waals surface area contributed by atoms with Crippen molar-refractivity contribution in [2.45, 2.75) is 77.2 Å². The normalized spacial score (nSPS) is 21.6. The van der Waals surface area contributed by atoms with Crippen LogP contribution in [-0.2, 0) is 33.4 Å². The lowest BCUT2D eigenvalue weighted by Crippen LogP contribution is -2.54. The molecule has 13 heteroatoms. The summed E-state index contributed by atoms with van der Waals surface area (Å²) >= 11 is 0.939. The molecule has 0 saturated carbocycles. The van der Waals surface area contributed by atoms with Crippen LogP contribution >= 0.6 is 11.8 Å². The molecule has 0 radical (unpaired) electrons. The number of thioether (sulfide) groups is 1. The molecule has 5 atom stereocenters. The van der Waals surface area contributed by atoms with E-state index in [4.69, 9.17) is 9.47 Å². The van der Waals surface area contributed by atoms with E-state index in [2.05, 4.69) is 15.4 Å². The fraction of sp³-hybridized carbons (Fsp3) is 0.750. The van der Waals surface area contributed by atoms with Crippen molar-refractivity contribution in [2.24, 2.45) is 5.41 Å². The quantitative estimate of drug-likeness (QED) is 0.102. The number of nitrogens with one attached hydrogen (secondary N) is 2. The number of amides is 2.